The van der Waals surface area contributed by atoms with Crippen molar-refractivity contribution in [2.75, 3.05) is 17.8 Å². The summed E-state index contributed by atoms with van der Waals surface area (Å²) in [6.07, 6.45) is 2.08. The number of anilines is 1. The Morgan fingerprint density at radius 1 is 0.886 bits per heavy atom. The fraction of sp³-hybridized carbons (Fsp3) is 0.259. The molecule has 2 N–H and O–H groups in total. The van der Waals surface area contributed by atoms with E-state index in [2.05, 4.69) is 10.0 Å². The molecule has 35 heavy (non-hydrogen) atoms. The number of hydrogen-bond acceptors (Lipinski definition) is 4. The fourth-order valence-corrected chi connectivity index (χ4v) is 5.08. The molecule has 0 bridgehead atoms. The summed E-state index contributed by atoms with van der Waals surface area (Å²) in [5.74, 6) is -0.335. The summed E-state index contributed by atoms with van der Waals surface area (Å²) < 4.78 is 28.3. The van der Waals surface area contributed by atoms with Crippen LogP contribution in [0.15, 0.2) is 71.6 Å². The van der Waals surface area contributed by atoms with Gasteiger partial charge in [-0.25, -0.2) is 8.42 Å². The maximum atomic E-state index is 12.9. The van der Waals surface area contributed by atoms with E-state index < -0.39 is 10.0 Å². The third-order valence-corrected chi connectivity index (χ3v) is 7.49. The van der Waals surface area contributed by atoms with Crippen molar-refractivity contribution in [3.05, 3.63) is 94.5 Å². The van der Waals surface area contributed by atoms with Gasteiger partial charge in [-0.3, -0.25) is 14.3 Å². The quantitative estimate of drug-likeness (QED) is 0.516. The summed E-state index contributed by atoms with van der Waals surface area (Å²) in [7, 11) is -3.85. The highest BCUT2D eigenvalue weighted by atomic mass is 32.2. The van der Waals surface area contributed by atoms with Gasteiger partial charge in [-0.15, -0.1) is 0 Å². The van der Waals surface area contributed by atoms with Gasteiger partial charge in [0.15, 0.2) is 0 Å². The molecule has 7 nitrogen and oxygen atoms in total. The summed E-state index contributed by atoms with van der Waals surface area (Å²) in [5.41, 5.74) is 3.92. The molecule has 0 aliphatic carbocycles. The van der Waals surface area contributed by atoms with Crippen LogP contribution in [0.3, 0.4) is 0 Å². The molecule has 1 aliphatic rings. The van der Waals surface area contributed by atoms with Gasteiger partial charge >= 0.3 is 0 Å². The van der Waals surface area contributed by atoms with Gasteiger partial charge in [-0.1, -0.05) is 35.9 Å². The number of likely N-dealkylation sites (tertiary alicyclic amines) is 1. The Kier molecular flexibility index (Phi) is 7.21. The van der Waals surface area contributed by atoms with E-state index in [1.54, 1.807) is 37.3 Å². The Hall–Kier alpha value is -3.65. The number of nitrogens with zero attached hydrogens (tertiary/aromatic N) is 1. The van der Waals surface area contributed by atoms with Crippen molar-refractivity contribution in [1.29, 1.82) is 0 Å². The number of rotatable bonds is 7. The maximum Gasteiger partial charge on any atom is 0.261 e. The molecule has 2 amide bonds. The van der Waals surface area contributed by atoms with E-state index in [1.165, 1.54) is 12.1 Å². The average Bonchev–Trinajstić information content (AvgIpc) is 3.39. The van der Waals surface area contributed by atoms with Crippen LogP contribution in [-0.2, 0) is 16.6 Å². The van der Waals surface area contributed by atoms with Crippen molar-refractivity contribution >= 4 is 27.5 Å². The Morgan fingerprint density at radius 2 is 1.54 bits per heavy atom. The molecule has 0 atom stereocenters. The van der Waals surface area contributed by atoms with Crippen LogP contribution < -0.4 is 10.0 Å². The predicted octanol–water partition coefficient (Wildman–Crippen LogP) is 4.27. The molecule has 0 spiro atoms. The lowest BCUT2D eigenvalue weighted by molar-refractivity contribution is 0.0792. The molecular weight excluding hydrogens is 462 g/mol. The van der Waals surface area contributed by atoms with Gasteiger partial charge in [0.1, 0.15) is 0 Å². The normalized spacial score (nSPS) is 13.5. The lowest BCUT2D eigenvalue weighted by atomic mass is 10.1. The monoisotopic (exact) mass is 491 g/mol. The van der Waals surface area contributed by atoms with Crippen LogP contribution in [-0.4, -0.2) is 38.2 Å². The summed E-state index contributed by atoms with van der Waals surface area (Å²) in [4.78, 5) is 27.2. The SMILES string of the molecule is Cc1ccc(NS(=O)(=O)c2ccc(C)c(C(=O)NCc3ccc(C(=O)N4CCCC4)cc3)c2)cc1. The van der Waals surface area contributed by atoms with E-state index in [0.717, 1.165) is 37.1 Å². The van der Waals surface area contributed by atoms with Gasteiger partial charge in [0.25, 0.3) is 21.8 Å². The van der Waals surface area contributed by atoms with E-state index in [4.69, 9.17) is 0 Å². The molecule has 8 heteroatoms. The zero-order valence-electron chi connectivity index (χ0n) is 19.9. The van der Waals surface area contributed by atoms with Crippen LogP contribution in [0.1, 0.15) is 50.2 Å². The van der Waals surface area contributed by atoms with E-state index in [-0.39, 0.29) is 28.8 Å². The van der Waals surface area contributed by atoms with Crippen LogP contribution in [0.2, 0.25) is 0 Å². The maximum absolute atomic E-state index is 12.9. The van der Waals surface area contributed by atoms with E-state index >= 15 is 0 Å². The molecule has 0 unspecified atom stereocenters. The van der Waals surface area contributed by atoms with Crippen LogP contribution in [0.4, 0.5) is 5.69 Å². The molecular formula is C27H29N3O4S. The lowest BCUT2D eigenvalue weighted by Gasteiger charge is -2.15. The number of carbonyl (C=O) groups is 2. The number of nitrogens with one attached hydrogen (secondary N) is 2. The first kappa shape index (κ1) is 24.5. The summed E-state index contributed by atoms with van der Waals surface area (Å²) >= 11 is 0. The van der Waals surface area contributed by atoms with E-state index in [0.29, 0.717) is 16.8 Å². The second-order valence-electron chi connectivity index (χ2n) is 8.83. The van der Waals surface area contributed by atoms with Gasteiger partial charge in [0.05, 0.1) is 4.90 Å². The second-order valence-corrected chi connectivity index (χ2v) is 10.5. The third-order valence-electron chi connectivity index (χ3n) is 6.11. The molecule has 3 aromatic carbocycles. The van der Waals surface area contributed by atoms with Crippen molar-refractivity contribution in [2.45, 2.75) is 38.1 Å². The topological polar surface area (TPSA) is 95.6 Å². The number of sulfonamides is 1. The van der Waals surface area contributed by atoms with E-state index in [1.807, 2.05) is 36.1 Å². The minimum absolute atomic E-state index is 0.0126. The molecule has 0 saturated carbocycles. The first-order valence-corrected chi connectivity index (χ1v) is 13.1. The van der Waals surface area contributed by atoms with Crippen molar-refractivity contribution < 1.29 is 18.0 Å². The number of benzene rings is 3. The van der Waals surface area contributed by atoms with Crippen molar-refractivity contribution in [3.63, 3.8) is 0 Å². The molecule has 1 saturated heterocycles. The highest BCUT2D eigenvalue weighted by molar-refractivity contribution is 7.92. The molecule has 1 fully saturated rings. The van der Waals surface area contributed by atoms with Crippen molar-refractivity contribution in [1.82, 2.24) is 10.2 Å². The van der Waals surface area contributed by atoms with Crippen LogP contribution >= 0.6 is 0 Å². The summed E-state index contributed by atoms with van der Waals surface area (Å²) in [6, 6.07) is 18.7. The largest absolute Gasteiger partial charge is 0.348 e. The van der Waals surface area contributed by atoms with Crippen molar-refractivity contribution in [3.8, 4) is 0 Å². The highest BCUT2D eigenvalue weighted by Gasteiger charge is 2.20. The standard InChI is InChI=1S/C27H29N3O4S/c1-19-5-12-23(13-6-19)29-35(33,34)24-14-7-20(2)25(17-24)26(31)28-18-21-8-10-22(11-9-21)27(32)30-15-3-4-16-30/h5-14,17,29H,3-4,15-16,18H2,1-2H3,(H,28,31). The van der Waals surface area contributed by atoms with Gasteiger partial charge in [0.2, 0.25) is 0 Å². The van der Waals surface area contributed by atoms with Gasteiger partial charge < -0.3 is 10.2 Å². The number of carbonyl (C=O) groups excluding carboxylic acids is 2. The zero-order valence-corrected chi connectivity index (χ0v) is 20.7. The average molecular weight is 492 g/mol. The van der Waals surface area contributed by atoms with Crippen LogP contribution in [0, 0.1) is 13.8 Å². The second kappa shape index (κ2) is 10.3. The molecule has 0 radical (unpaired) electrons. The predicted molar refractivity (Wildman–Crippen MR) is 136 cm³/mol. The molecule has 1 heterocycles. The van der Waals surface area contributed by atoms with Gasteiger partial charge in [-0.05, 0) is 74.2 Å². The first-order valence-electron chi connectivity index (χ1n) is 11.6. The number of amides is 2. The zero-order chi connectivity index (χ0) is 25.0. The third kappa shape index (κ3) is 5.89. The smallest absolute Gasteiger partial charge is 0.261 e. The summed E-state index contributed by atoms with van der Waals surface area (Å²) in [5, 5.41) is 2.84. The molecule has 1 aliphatic heterocycles. The Labute approximate surface area is 206 Å². The fourth-order valence-electron chi connectivity index (χ4n) is 3.99. The number of aryl methyl sites for hydroxylation is 2. The van der Waals surface area contributed by atoms with Crippen LogP contribution in [0.25, 0.3) is 0 Å². The lowest BCUT2D eigenvalue weighted by Crippen LogP contribution is -2.27. The van der Waals surface area contributed by atoms with Gasteiger partial charge in [0, 0.05) is 36.4 Å². The molecule has 0 aromatic heterocycles. The van der Waals surface area contributed by atoms with Crippen LogP contribution in [0.5, 0.6) is 0 Å². The Bertz CT molecular complexity index is 1330. The Balaban J connectivity index is 1.42. The Morgan fingerprint density at radius 3 is 2.20 bits per heavy atom. The minimum Gasteiger partial charge on any atom is -0.348 e. The molecule has 182 valence electrons. The minimum atomic E-state index is -3.85. The van der Waals surface area contributed by atoms with Gasteiger partial charge in [-0.2, -0.15) is 0 Å². The first-order chi connectivity index (χ1) is 16.7. The van der Waals surface area contributed by atoms with E-state index in [9.17, 15) is 18.0 Å². The molecule has 3 aromatic rings. The number of hydrogen-bond donors (Lipinski definition) is 2. The molecule has 4 rings (SSSR count). The highest BCUT2D eigenvalue weighted by Crippen LogP contribution is 2.20. The van der Waals surface area contributed by atoms with Crippen molar-refractivity contribution in [2.24, 2.45) is 0 Å². The summed E-state index contributed by atoms with van der Waals surface area (Å²) in [6.45, 7) is 5.54.